The zero-order chi connectivity index (χ0) is 30.0. The quantitative estimate of drug-likeness (QED) is 0.312. The van der Waals surface area contributed by atoms with Gasteiger partial charge >= 0.3 is 12.1 Å². The topological polar surface area (TPSA) is 122 Å². The van der Waals surface area contributed by atoms with E-state index in [1.807, 2.05) is 32.0 Å². The Hall–Kier alpha value is -3.96. The van der Waals surface area contributed by atoms with Crippen LogP contribution in [0.25, 0.3) is 0 Å². The molecule has 2 aromatic rings. The third-order valence-electron chi connectivity index (χ3n) is 6.35. The number of allylic oxidation sites excluding steroid dienone is 1. The van der Waals surface area contributed by atoms with Gasteiger partial charge in [0.2, 0.25) is 5.88 Å². The molecule has 1 aliphatic rings. The van der Waals surface area contributed by atoms with Gasteiger partial charge in [0, 0.05) is 11.1 Å². The highest BCUT2D eigenvalue weighted by Gasteiger charge is 2.39. The number of thioether (sulfide) groups is 1. The second-order valence-electron chi connectivity index (χ2n) is 10.5. The molecular formula is C29H29F3N4O3S. The normalized spacial score (nSPS) is 15.9. The lowest BCUT2D eigenvalue weighted by molar-refractivity contribution is -0.138. The third kappa shape index (κ3) is 6.26. The Bertz CT molecular complexity index is 1460. The van der Waals surface area contributed by atoms with Crippen LogP contribution < -0.4 is 5.73 Å². The first-order chi connectivity index (χ1) is 18.6. The van der Waals surface area contributed by atoms with Crippen molar-refractivity contribution < 1.29 is 27.4 Å². The van der Waals surface area contributed by atoms with E-state index in [9.17, 15) is 28.5 Å². The number of carbonyl (C=O) groups excluding carboxylic acids is 1. The summed E-state index contributed by atoms with van der Waals surface area (Å²) in [6.45, 7) is 9.19. The van der Waals surface area contributed by atoms with Crippen molar-refractivity contribution in [2.24, 2.45) is 5.73 Å². The molecule has 1 unspecified atom stereocenters. The van der Waals surface area contributed by atoms with E-state index in [2.05, 4.69) is 4.98 Å². The van der Waals surface area contributed by atoms with Crippen LogP contribution in [0.15, 0.2) is 58.1 Å². The molecular weight excluding hydrogens is 541 g/mol. The minimum Gasteiger partial charge on any atom is -0.466 e. The van der Waals surface area contributed by atoms with Gasteiger partial charge in [0.25, 0.3) is 0 Å². The Labute approximate surface area is 235 Å². The van der Waals surface area contributed by atoms with Crippen LogP contribution >= 0.6 is 11.8 Å². The van der Waals surface area contributed by atoms with E-state index >= 15 is 0 Å². The lowest BCUT2D eigenvalue weighted by Crippen LogP contribution is -2.26. The number of hydrogen-bond acceptors (Lipinski definition) is 8. The van der Waals surface area contributed by atoms with Crippen LogP contribution in [0.1, 0.15) is 74.4 Å². The number of esters is 1. The Kier molecular flexibility index (Phi) is 8.90. The molecule has 1 aromatic carbocycles. The molecule has 2 N–H and O–H groups in total. The summed E-state index contributed by atoms with van der Waals surface area (Å²) < 4.78 is 52.4. The molecule has 0 bridgehead atoms. The second-order valence-corrected chi connectivity index (χ2v) is 11.4. The molecule has 0 saturated heterocycles. The molecule has 11 heteroatoms. The van der Waals surface area contributed by atoms with Crippen LogP contribution in [-0.2, 0) is 25.9 Å². The first-order valence-corrected chi connectivity index (χ1v) is 13.3. The van der Waals surface area contributed by atoms with Gasteiger partial charge in [-0.25, -0.2) is 9.78 Å². The Morgan fingerprint density at radius 1 is 1.18 bits per heavy atom. The van der Waals surface area contributed by atoms with Crippen molar-refractivity contribution in [2.75, 3.05) is 12.9 Å². The van der Waals surface area contributed by atoms with Crippen molar-refractivity contribution in [2.45, 2.75) is 63.1 Å². The molecule has 1 aliphatic heterocycles. The Morgan fingerprint density at radius 2 is 1.80 bits per heavy atom. The van der Waals surface area contributed by atoms with E-state index in [0.29, 0.717) is 5.56 Å². The predicted molar refractivity (Wildman–Crippen MR) is 144 cm³/mol. The van der Waals surface area contributed by atoms with E-state index < -0.39 is 34.6 Å². The van der Waals surface area contributed by atoms with Crippen molar-refractivity contribution in [1.29, 1.82) is 10.5 Å². The number of nitriles is 2. The highest BCUT2D eigenvalue weighted by molar-refractivity contribution is 7.99. The largest absolute Gasteiger partial charge is 0.466 e. The van der Waals surface area contributed by atoms with Crippen LogP contribution in [0.4, 0.5) is 13.2 Å². The number of ether oxygens (including phenoxy) is 2. The standard InChI is InChI=1S/C29H29F3N4O3S/c1-15(2)16-7-9-17(10-8-16)23-19(13-34)25(35)39-21(24(23)27(37)38-6)14-40-26-18(12-33)20(29(30,31)32)11-22(36-26)28(3,4)5/h7-11,15,23H,14,35H2,1-6H3. The fourth-order valence-corrected chi connectivity index (χ4v) is 5.09. The molecule has 0 spiro atoms. The highest BCUT2D eigenvalue weighted by Crippen LogP contribution is 2.43. The number of hydrogen-bond donors (Lipinski definition) is 1. The van der Waals surface area contributed by atoms with Gasteiger partial charge in [0.1, 0.15) is 28.5 Å². The molecule has 210 valence electrons. The molecule has 7 nitrogen and oxygen atoms in total. The molecule has 0 amide bonds. The van der Waals surface area contributed by atoms with Gasteiger partial charge in [-0.05, 0) is 23.1 Å². The van der Waals surface area contributed by atoms with Crippen molar-refractivity contribution >= 4 is 17.7 Å². The van der Waals surface area contributed by atoms with Gasteiger partial charge in [0.15, 0.2) is 0 Å². The van der Waals surface area contributed by atoms with Crippen molar-refractivity contribution in [3.63, 3.8) is 0 Å². The maximum absolute atomic E-state index is 13.9. The van der Waals surface area contributed by atoms with Crippen molar-refractivity contribution in [3.05, 3.63) is 81.1 Å². The average Bonchev–Trinajstić information content (AvgIpc) is 2.89. The monoisotopic (exact) mass is 570 g/mol. The number of alkyl halides is 3. The maximum atomic E-state index is 13.9. The van der Waals surface area contributed by atoms with E-state index in [1.54, 1.807) is 39.0 Å². The molecule has 0 saturated carbocycles. The van der Waals surface area contributed by atoms with Gasteiger partial charge in [-0.2, -0.15) is 23.7 Å². The molecule has 0 fully saturated rings. The number of aromatic nitrogens is 1. The zero-order valence-electron chi connectivity index (χ0n) is 22.9. The SMILES string of the molecule is COC(=O)C1=C(CSc2nc(C(C)(C)C)cc(C(F)(F)F)c2C#N)OC(N)=C(C#N)C1c1ccc(C(C)C)cc1. The first-order valence-electron chi connectivity index (χ1n) is 12.3. The molecule has 40 heavy (non-hydrogen) atoms. The molecule has 0 aliphatic carbocycles. The summed E-state index contributed by atoms with van der Waals surface area (Å²) in [5, 5.41) is 19.4. The number of halogens is 3. The van der Waals surface area contributed by atoms with Gasteiger partial charge in [-0.3, -0.25) is 0 Å². The summed E-state index contributed by atoms with van der Waals surface area (Å²) in [7, 11) is 1.17. The van der Waals surface area contributed by atoms with Gasteiger partial charge in [-0.15, -0.1) is 0 Å². The van der Waals surface area contributed by atoms with E-state index in [4.69, 9.17) is 15.2 Å². The van der Waals surface area contributed by atoms with Crippen LogP contribution in [0, 0.1) is 22.7 Å². The Balaban J connectivity index is 2.17. The molecule has 0 radical (unpaired) electrons. The summed E-state index contributed by atoms with van der Waals surface area (Å²) in [5.41, 5.74) is 5.37. The number of nitrogens with two attached hydrogens (primary N) is 1. The van der Waals surface area contributed by atoms with Crippen molar-refractivity contribution in [3.8, 4) is 12.1 Å². The smallest absolute Gasteiger partial charge is 0.417 e. The number of methoxy groups -OCH3 is 1. The van der Waals surface area contributed by atoms with Gasteiger partial charge in [-0.1, -0.05) is 70.6 Å². The van der Waals surface area contributed by atoms with E-state index in [1.165, 1.54) is 7.11 Å². The predicted octanol–water partition coefficient (Wildman–Crippen LogP) is 6.42. The average molecular weight is 571 g/mol. The first kappa shape index (κ1) is 30.6. The number of rotatable bonds is 6. The fraction of sp³-hybridized carbons (Fsp3) is 0.379. The minimum absolute atomic E-state index is 0.00336. The highest BCUT2D eigenvalue weighted by atomic mass is 32.2. The molecule has 1 atom stereocenters. The number of benzene rings is 1. The van der Waals surface area contributed by atoms with E-state index in [0.717, 1.165) is 23.4 Å². The summed E-state index contributed by atoms with van der Waals surface area (Å²) in [5.74, 6) is -1.94. The number of carbonyl (C=O) groups is 1. The maximum Gasteiger partial charge on any atom is 0.417 e. The molecule has 1 aromatic heterocycles. The molecule has 2 heterocycles. The lowest BCUT2D eigenvalue weighted by atomic mass is 9.82. The summed E-state index contributed by atoms with van der Waals surface area (Å²) >= 11 is 0.799. The van der Waals surface area contributed by atoms with Crippen LogP contribution in [0.5, 0.6) is 0 Å². The fourth-order valence-electron chi connectivity index (χ4n) is 4.14. The number of nitrogens with zero attached hydrogens (tertiary/aromatic N) is 3. The number of pyridine rings is 1. The van der Waals surface area contributed by atoms with Crippen LogP contribution in [0.2, 0.25) is 0 Å². The summed E-state index contributed by atoms with van der Waals surface area (Å²) in [6, 6.07) is 11.8. The lowest BCUT2D eigenvalue weighted by Gasteiger charge is -2.28. The Morgan fingerprint density at radius 3 is 2.27 bits per heavy atom. The summed E-state index contributed by atoms with van der Waals surface area (Å²) in [6.07, 6.45) is -4.79. The van der Waals surface area contributed by atoms with Crippen molar-refractivity contribution in [1.82, 2.24) is 4.98 Å². The summed E-state index contributed by atoms with van der Waals surface area (Å²) in [4.78, 5) is 17.4. The zero-order valence-corrected chi connectivity index (χ0v) is 23.8. The second kappa shape index (κ2) is 11.6. The van der Waals surface area contributed by atoms with Gasteiger partial charge < -0.3 is 15.2 Å². The van der Waals surface area contributed by atoms with Crippen LogP contribution in [-0.4, -0.2) is 23.8 Å². The van der Waals surface area contributed by atoms with Gasteiger partial charge in [0.05, 0.1) is 35.5 Å². The van der Waals surface area contributed by atoms with E-state index in [-0.39, 0.29) is 45.2 Å². The third-order valence-corrected chi connectivity index (χ3v) is 7.33. The van der Waals surface area contributed by atoms with Crippen LogP contribution in [0.3, 0.4) is 0 Å². The molecule has 3 rings (SSSR count). The minimum atomic E-state index is -4.79.